The summed E-state index contributed by atoms with van der Waals surface area (Å²) in [5.74, 6) is 0.347. The zero-order chi connectivity index (χ0) is 8.48. The molecule has 1 atom stereocenters. The quantitative estimate of drug-likeness (QED) is 0.579. The molecule has 0 aromatic carbocycles. The fourth-order valence-corrected chi connectivity index (χ4v) is 1.38. The predicted molar refractivity (Wildman–Crippen MR) is 43.5 cm³/mol. The molecule has 2 heteroatoms. The van der Waals surface area contributed by atoms with Gasteiger partial charge in [-0.25, -0.2) is 0 Å². The van der Waals surface area contributed by atoms with Crippen LogP contribution in [0, 0.1) is 0 Å². The summed E-state index contributed by atoms with van der Waals surface area (Å²) < 4.78 is 5.65. The highest BCUT2D eigenvalue weighted by Crippen LogP contribution is 2.23. The molecule has 0 aliphatic heterocycles. The Balaban J connectivity index is 2.34. The average molecular weight is 156 g/mol. The first-order chi connectivity index (χ1) is 4.97. The Labute approximate surface area is 67.9 Å². The Morgan fingerprint density at radius 1 is 1.45 bits per heavy atom. The maximum atomic E-state index is 10.9. The molecule has 1 rings (SSSR count). The van der Waals surface area contributed by atoms with Crippen LogP contribution < -0.4 is 0 Å². The minimum absolute atomic E-state index is 0.102. The number of ether oxygens (including phenoxy) is 1. The van der Waals surface area contributed by atoms with Gasteiger partial charge in [0.25, 0.3) is 0 Å². The normalized spacial score (nSPS) is 26.1. The molecule has 1 fully saturated rings. The van der Waals surface area contributed by atoms with Crippen LogP contribution in [0.5, 0.6) is 0 Å². The second-order valence-electron chi connectivity index (χ2n) is 4.13. The first kappa shape index (κ1) is 8.72. The van der Waals surface area contributed by atoms with Crippen LogP contribution in [0.2, 0.25) is 0 Å². The Morgan fingerprint density at radius 3 is 2.45 bits per heavy atom. The van der Waals surface area contributed by atoms with Gasteiger partial charge in [0.15, 0.2) is 0 Å². The number of carbonyl (C=O) groups is 1. The second kappa shape index (κ2) is 2.94. The number of hydrogen-bond acceptors (Lipinski definition) is 2. The first-order valence-corrected chi connectivity index (χ1v) is 4.17. The van der Waals surface area contributed by atoms with Gasteiger partial charge < -0.3 is 4.74 Å². The van der Waals surface area contributed by atoms with E-state index in [9.17, 15) is 4.79 Å². The molecule has 0 radical (unpaired) electrons. The van der Waals surface area contributed by atoms with Crippen LogP contribution in [-0.2, 0) is 9.53 Å². The SMILES string of the molecule is CC(C)(C)OC1CCC(=O)C1. The number of carbonyl (C=O) groups excluding carboxylic acids is 1. The van der Waals surface area contributed by atoms with Gasteiger partial charge in [-0.05, 0) is 27.2 Å². The topological polar surface area (TPSA) is 26.3 Å². The molecule has 2 nitrogen and oxygen atoms in total. The van der Waals surface area contributed by atoms with Crippen LogP contribution in [0.25, 0.3) is 0 Å². The van der Waals surface area contributed by atoms with Crippen LogP contribution >= 0.6 is 0 Å². The zero-order valence-electron chi connectivity index (χ0n) is 7.52. The van der Waals surface area contributed by atoms with Gasteiger partial charge in [-0.2, -0.15) is 0 Å². The van der Waals surface area contributed by atoms with Gasteiger partial charge in [0.1, 0.15) is 5.78 Å². The van der Waals surface area contributed by atoms with Gasteiger partial charge in [0.2, 0.25) is 0 Å². The van der Waals surface area contributed by atoms with Gasteiger partial charge in [-0.1, -0.05) is 0 Å². The largest absolute Gasteiger partial charge is 0.372 e. The van der Waals surface area contributed by atoms with Crippen molar-refractivity contribution in [3.63, 3.8) is 0 Å². The van der Waals surface area contributed by atoms with Crippen LogP contribution in [0.1, 0.15) is 40.0 Å². The summed E-state index contributed by atoms with van der Waals surface area (Å²) in [5, 5.41) is 0. The van der Waals surface area contributed by atoms with Crippen molar-refractivity contribution in [1.29, 1.82) is 0 Å². The van der Waals surface area contributed by atoms with Crippen molar-refractivity contribution in [3.8, 4) is 0 Å². The van der Waals surface area contributed by atoms with E-state index < -0.39 is 0 Å². The number of ketones is 1. The summed E-state index contributed by atoms with van der Waals surface area (Å²) >= 11 is 0. The van der Waals surface area contributed by atoms with Crippen molar-refractivity contribution in [2.45, 2.75) is 51.7 Å². The highest BCUT2D eigenvalue weighted by atomic mass is 16.5. The van der Waals surface area contributed by atoms with Crippen molar-refractivity contribution in [2.75, 3.05) is 0 Å². The summed E-state index contributed by atoms with van der Waals surface area (Å²) in [6.45, 7) is 6.07. The molecule has 11 heavy (non-hydrogen) atoms. The third-order valence-electron chi connectivity index (χ3n) is 1.72. The molecule has 1 aliphatic rings. The molecule has 64 valence electrons. The summed E-state index contributed by atoms with van der Waals surface area (Å²) in [6.07, 6.45) is 2.43. The van der Waals surface area contributed by atoms with Crippen molar-refractivity contribution >= 4 is 5.78 Å². The lowest BCUT2D eigenvalue weighted by Crippen LogP contribution is -2.25. The van der Waals surface area contributed by atoms with Gasteiger partial charge in [0, 0.05) is 12.8 Å². The van der Waals surface area contributed by atoms with E-state index in [1.807, 2.05) is 20.8 Å². The average Bonchev–Trinajstić information content (AvgIpc) is 2.10. The Morgan fingerprint density at radius 2 is 2.09 bits per heavy atom. The van der Waals surface area contributed by atoms with E-state index in [-0.39, 0.29) is 11.7 Å². The minimum atomic E-state index is -0.102. The highest BCUT2D eigenvalue weighted by molar-refractivity contribution is 5.81. The van der Waals surface area contributed by atoms with Crippen molar-refractivity contribution in [3.05, 3.63) is 0 Å². The first-order valence-electron chi connectivity index (χ1n) is 4.17. The van der Waals surface area contributed by atoms with E-state index in [2.05, 4.69) is 0 Å². The third kappa shape index (κ3) is 3.02. The van der Waals surface area contributed by atoms with Crippen LogP contribution in [-0.4, -0.2) is 17.5 Å². The van der Waals surface area contributed by atoms with E-state index in [4.69, 9.17) is 4.74 Å². The van der Waals surface area contributed by atoms with E-state index in [0.717, 1.165) is 6.42 Å². The standard InChI is InChI=1S/C9H16O2/c1-9(2,3)11-8-5-4-7(10)6-8/h8H,4-6H2,1-3H3. The lowest BCUT2D eigenvalue weighted by atomic mass is 10.2. The third-order valence-corrected chi connectivity index (χ3v) is 1.72. The summed E-state index contributed by atoms with van der Waals surface area (Å²) in [5.41, 5.74) is -0.102. The van der Waals surface area contributed by atoms with Gasteiger partial charge in [-0.3, -0.25) is 4.79 Å². The molecule has 0 bridgehead atoms. The van der Waals surface area contributed by atoms with E-state index in [0.29, 0.717) is 18.6 Å². The second-order valence-corrected chi connectivity index (χ2v) is 4.13. The predicted octanol–water partition coefficient (Wildman–Crippen LogP) is 1.92. The minimum Gasteiger partial charge on any atom is -0.372 e. The van der Waals surface area contributed by atoms with Crippen LogP contribution in [0.15, 0.2) is 0 Å². The molecule has 0 amide bonds. The van der Waals surface area contributed by atoms with Crippen LogP contribution in [0.4, 0.5) is 0 Å². The maximum absolute atomic E-state index is 10.9. The molecule has 1 unspecified atom stereocenters. The lowest BCUT2D eigenvalue weighted by molar-refractivity contribution is -0.119. The smallest absolute Gasteiger partial charge is 0.135 e. The van der Waals surface area contributed by atoms with E-state index in [1.54, 1.807) is 0 Å². The van der Waals surface area contributed by atoms with Gasteiger partial charge >= 0.3 is 0 Å². The zero-order valence-corrected chi connectivity index (χ0v) is 7.52. The molecule has 0 N–H and O–H groups in total. The maximum Gasteiger partial charge on any atom is 0.135 e. The highest BCUT2D eigenvalue weighted by Gasteiger charge is 2.26. The molecule has 0 aromatic heterocycles. The van der Waals surface area contributed by atoms with Crippen molar-refractivity contribution in [1.82, 2.24) is 0 Å². The molecule has 0 heterocycles. The van der Waals surface area contributed by atoms with Gasteiger partial charge in [0.05, 0.1) is 11.7 Å². The summed E-state index contributed by atoms with van der Waals surface area (Å²) in [4.78, 5) is 10.9. The van der Waals surface area contributed by atoms with E-state index >= 15 is 0 Å². The summed E-state index contributed by atoms with van der Waals surface area (Å²) in [7, 11) is 0. The molecular formula is C9H16O2. The fourth-order valence-electron chi connectivity index (χ4n) is 1.38. The Hall–Kier alpha value is -0.370. The molecule has 0 spiro atoms. The number of rotatable bonds is 1. The molecule has 0 saturated heterocycles. The lowest BCUT2D eigenvalue weighted by Gasteiger charge is -2.23. The molecular weight excluding hydrogens is 140 g/mol. The number of hydrogen-bond donors (Lipinski definition) is 0. The monoisotopic (exact) mass is 156 g/mol. The van der Waals surface area contributed by atoms with Crippen LogP contribution in [0.3, 0.4) is 0 Å². The number of Topliss-reactive ketones (excluding diaryl/α,β-unsaturated/α-hetero) is 1. The fraction of sp³-hybridized carbons (Fsp3) is 0.889. The molecule has 1 aliphatic carbocycles. The Kier molecular flexibility index (Phi) is 2.33. The summed E-state index contributed by atoms with van der Waals surface area (Å²) in [6, 6.07) is 0. The molecule has 1 saturated carbocycles. The molecule has 0 aromatic rings. The Bertz CT molecular complexity index is 155. The van der Waals surface area contributed by atoms with Gasteiger partial charge in [-0.15, -0.1) is 0 Å². The van der Waals surface area contributed by atoms with E-state index in [1.165, 1.54) is 0 Å². The van der Waals surface area contributed by atoms with Crippen molar-refractivity contribution < 1.29 is 9.53 Å². The van der Waals surface area contributed by atoms with Crippen molar-refractivity contribution in [2.24, 2.45) is 0 Å².